The molecule has 66 valence electrons. The Morgan fingerprint density at radius 3 is 2.92 bits per heavy atom. The number of aromatic nitrogens is 1. The summed E-state index contributed by atoms with van der Waals surface area (Å²) < 4.78 is 13.5. The zero-order chi connectivity index (χ0) is 9.42. The van der Waals surface area contributed by atoms with Crippen LogP contribution >= 0.6 is 0 Å². The fourth-order valence-corrected chi connectivity index (χ4v) is 1.29. The number of halogens is 1. The van der Waals surface area contributed by atoms with E-state index in [9.17, 15) is 4.39 Å². The van der Waals surface area contributed by atoms with Gasteiger partial charge in [-0.2, -0.15) is 0 Å². The highest BCUT2D eigenvalue weighted by Gasteiger charge is 2.04. The van der Waals surface area contributed by atoms with Crippen molar-refractivity contribution in [3.05, 3.63) is 35.8 Å². The summed E-state index contributed by atoms with van der Waals surface area (Å²) >= 11 is 0. The Bertz CT molecular complexity index is 460. The third kappa shape index (κ3) is 1.22. The number of nitrogens with two attached hydrogens (primary N) is 1. The Morgan fingerprint density at radius 1 is 1.38 bits per heavy atom. The Hall–Kier alpha value is -1.64. The van der Waals surface area contributed by atoms with Crippen molar-refractivity contribution in [2.24, 2.45) is 0 Å². The molecule has 2 rings (SSSR count). The third-order valence-electron chi connectivity index (χ3n) is 2.01. The number of hydrogen-bond donors (Lipinski definition) is 1. The van der Waals surface area contributed by atoms with Gasteiger partial charge in [0.05, 0.1) is 17.4 Å². The first-order valence-corrected chi connectivity index (χ1v) is 3.99. The number of hydrogen-bond acceptors (Lipinski definition) is 2. The summed E-state index contributed by atoms with van der Waals surface area (Å²) in [6, 6.07) is 5.10. The van der Waals surface area contributed by atoms with Gasteiger partial charge < -0.3 is 5.73 Å². The van der Waals surface area contributed by atoms with Crippen molar-refractivity contribution in [3.63, 3.8) is 0 Å². The van der Waals surface area contributed by atoms with E-state index in [2.05, 4.69) is 4.98 Å². The normalized spacial score (nSPS) is 10.6. The van der Waals surface area contributed by atoms with Crippen LogP contribution in [0.25, 0.3) is 10.9 Å². The van der Waals surface area contributed by atoms with Gasteiger partial charge >= 0.3 is 0 Å². The van der Waals surface area contributed by atoms with Gasteiger partial charge in [0.1, 0.15) is 5.82 Å². The van der Waals surface area contributed by atoms with Crippen LogP contribution in [0.4, 0.5) is 10.1 Å². The van der Waals surface area contributed by atoms with Gasteiger partial charge in [0.15, 0.2) is 0 Å². The maximum Gasteiger partial charge on any atom is 0.135 e. The zero-order valence-electron chi connectivity index (χ0n) is 7.21. The summed E-state index contributed by atoms with van der Waals surface area (Å²) in [5.41, 5.74) is 7.24. The molecule has 1 heterocycles. The number of rotatable bonds is 0. The third-order valence-corrected chi connectivity index (χ3v) is 2.01. The second kappa shape index (κ2) is 2.69. The lowest BCUT2D eigenvalue weighted by molar-refractivity contribution is 0.630. The molecule has 0 amide bonds. The fraction of sp³-hybridized carbons (Fsp3) is 0.100. The van der Waals surface area contributed by atoms with Crippen molar-refractivity contribution in [2.75, 3.05) is 5.73 Å². The van der Waals surface area contributed by atoms with E-state index in [0.717, 1.165) is 0 Å². The van der Waals surface area contributed by atoms with Crippen molar-refractivity contribution in [1.29, 1.82) is 0 Å². The molecule has 0 aliphatic carbocycles. The predicted molar refractivity (Wildman–Crippen MR) is 50.9 cm³/mol. The first-order valence-electron chi connectivity index (χ1n) is 3.99. The topological polar surface area (TPSA) is 38.9 Å². The van der Waals surface area contributed by atoms with Crippen LogP contribution in [0, 0.1) is 12.7 Å². The van der Waals surface area contributed by atoms with Crippen molar-refractivity contribution < 1.29 is 4.39 Å². The largest absolute Gasteiger partial charge is 0.397 e. The Labute approximate surface area is 75.2 Å². The van der Waals surface area contributed by atoms with E-state index in [1.807, 2.05) is 0 Å². The lowest BCUT2D eigenvalue weighted by Gasteiger charge is -2.02. The maximum absolute atomic E-state index is 13.5. The summed E-state index contributed by atoms with van der Waals surface area (Å²) in [5, 5.41) is 0.486. The molecule has 3 heteroatoms. The molecule has 1 aromatic heterocycles. The van der Waals surface area contributed by atoms with Crippen LogP contribution in [-0.4, -0.2) is 4.98 Å². The van der Waals surface area contributed by atoms with Gasteiger partial charge in [0.25, 0.3) is 0 Å². The molecular formula is C10H9FN2. The van der Waals surface area contributed by atoms with E-state index < -0.39 is 0 Å². The maximum atomic E-state index is 13.5. The van der Waals surface area contributed by atoms with E-state index >= 15 is 0 Å². The molecule has 0 spiro atoms. The average Bonchev–Trinajstić information content (AvgIpc) is 2.12. The highest BCUT2D eigenvalue weighted by Crippen LogP contribution is 2.20. The van der Waals surface area contributed by atoms with Crippen molar-refractivity contribution >= 4 is 16.6 Å². The standard InChI is InChI=1S/C10H9FN2/c1-6-2-3-9-8(10(6)11)4-7(12)5-13-9/h2-5H,12H2,1H3. The quantitative estimate of drug-likeness (QED) is 0.668. The summed E-state index contributed by atoms with van der Waals surface area (Å²) in [6.07, 6.45) is 1.52. The van der Waals surface area contributed by atoms with Crippen molar-refractivity contribution in [3.8, 4) is 0 Å². The lowest BCUT2D eigenvalue weighted by Crippen LogP contribution is -1.91. The molecule has 13 heavy (non-hydrogen) atoms. The van der Waals surface area contributed by atoms with Gasteiger partial charge in [-0.25, -0.2) is 4.39 Å². The molecule has 2 nitrogen and oxygen atoms in total. The van der Waals surface area contributed by atoms with Gasteiger partial charge in [0, 0.05) is 5.39 Å². The molecule has 1 aromatic carbocycles. The van der Waals surface area contributed by atoms with E-state index in [0.29, 0.717) is 22.2 Å². The summed E-state index contributed by atoms with van der Waals surface area (Å²) in [5.74, 6) is -0.239. The minimum atomic E-state index is -0.239. The van der Waals surface area contributed by atoms with Crippen LogP contribution < -0.4 is 5.73 Å². The summed E-state index contributed by atoms with van der Waals surface area (Å²) in [6.45, 7) is 1.72. The van der Waals surface area contributed by atoms with E-state index in [4.69, 9.17) is 5.73 Å². The molecule has 0 aliphatic heterocycles. The second-order valence-electron chi connectivity index (χ2n) is 3.03. The van der Waals surface area contributed by atoms with Crippen LogP contribution in [0.1, 0.15) is 5.56 Å². The van der Waals surface area contributed by atoms with E-state index in [1.54, 1.807) is 25.1 Å². The SMILES string of the molecule is Cc1ccc2ncc(N)cc2c1F. The fourth-order valence-electron chi connectivity index (χ4n) is 1.29. The molecule has 0 radical (unpaired) electrons. The number of nitrogens with zero attached hydrogens (tertiary/aromatic N) is 1. The molecule has 0 fully saturated rings. The number of aryl methyl sites for hydroxylation is 1. The average molecular weight is 176 g/mol. The first-order chi connectivity index (χ1) is 6.18. The Morgan fingerprint density at radius 2 is 2.15 bits per heavy atom. The van der Waals surface area contributed by atoms with Crippen LogP contribution in [0.3, 0.4) is 0 Å². The van der Waals surface area contributed by atoms with Gasteiger partial charge in [-0.1, -0.05) is 6.07 Å². The summed E-state index contributed by atoms with van der Waals surface area (Å²) in [4.78, 5) is 4.02. The van der Waals surface area contributed by atoms with Crippen LogP contribution in [0.2, 0.25) is 0 Å². The van der Waals surface area contributed by atoms with Crippen molar-refractivity contribution in [1.82, 2.24) is 4.98 Å². The molecule has 0 aliphatic rings. The summed E-state index contributed by atoms with van der Waals surface area (Å²) in [7, 11) is 0. The van der Waals surface area contributed by atoms with Crippen LogP contribution in [0.5, 0.6) is 0 Å². The Kier molecular flexibility index (Phi) is 1.65. The molecule has 2 aromatic rings. The van der Waals surface area contributed by atoms with Gasteiger partial charge in [-0.05, 0) is 24.6 Å². The van der Waals surface area contributed by atoms with Crippen molar-refractivity contribution in [2.45, 2.75) is 6.92 Å². The predicted octanol–water partition coefficient (Wildman–Crippen LogP) is 2.26. The number of pyridine rings is 1. The highest BCUT2D eigenvalue weighted by molar-refractivity contribution is 5.82. The number of fused-ring (bicyclic) bond motifs is 1. The number of benzene rings is 1. The molecule has 0 saturated carbocycles. The molecule has 0 unspecified atom stereocenters. The smallest absolute Gasteiger partial charge is 0.135 e. The zero-order valence-corrected chi connectivity index (χ0v) is 7.21. The molecule has 0 saturated heterocycles. The molecule has 0 atom stereocenters. The van der Waals surface area contributed by atoms with E-state index in [1.165, 1.54) is 6.20 Å². The van der Waals surface area contributed by atoms with Gasteiger partial charge in [-0.3, -0.25) is 4.98 Å². The van der Waals surface area contributed by atoms with Gasteiger partial charge in [-0.15, -0.1) is 0 Å². The van der Waals surface area contributed by atoms with Crippen LogP contribution in [0.15, 0.2) is 24.4 Å². The molecular weight excluding hydrogens is 167 g/mol. The molecule has 0 bridgehead atoms. The molecule has 2 N–H and O–H groups in total. The second-order valence-corrected chi connectivity index (χ2v) is 3.03. The number of nitrogen functional groups attached to an aromatic ring is 1. The van der Waals surface area contributed by atoms with E-state index in [-0.39, 0.29) is 5.82 Å². The Balaban J connectivity index is 2.89. The van der Waals surface area contributed by atoms with Gasteiger partial charge in [0.2, 0.25) is 0 Å². The lowest BCUT2D eigenvalue weighted by atomic mass is 10.1. The highest BCUT2D eigenvalue weighted by atomic mass is 19.1. The minimum Gasteiger partial charge on any atom is -0.397 e. The monoisotopic (exact) mass is 176 g/mol. The number of anilines is 1. The van der Waals surface area contributed by atoms with Crippen LogP contribution in [-0.2, 0) is 0 Å². The first kappa shape index (κ1) is 7.98. The minimum absolute atomic E-state index is 0.239.